The van der Waals surface area contributed by atoms with Gasteiger partial charge in [0.25, 0.3) is 10.0 Å². The van der Waals surface area contributed by atoms with Gasteiger partial charge in [-0.05, 0) is 31.5 Å². The smallest absolute Gasteiger partial charge is 0.265 e. The highest BCUT2D eigenvalue weighted by Gasteiger charge is 2.24. The van der Waals surface area contributed by atoms with Crippen molar-refractivity contribution in [2.45, 2.75) is 25.3 Å². The first-order valence-corrected chi connectivity index (χ1v) is 7.74. The summed E-state index contributed by atoms with van der Waals surface area (Å²) in [5, 5.41) is 6.84. The highest BCUT2D eigenvalue weighted by Crippen LogP contribution is 2.27. The average Bonchev–Trinajstić information content (AvgIpc) is 2.75. The van der Waals surface area contributed by atoms with Crippen LogP contribution in [0.1, 0.15) is 17.0 Å². The second-order valence-corrected chi connectivity index (χ2v) is 6.44. The number of nitrogens with one attached hydrogen (secondary N) is 2. The van der Waals surface area contributed by atoms with Crippen LogP contribution < -0.4 is 10.5 Å². The minimum Gasteiger partial charge on any atom is -0.325 e. The topological polar surface area (TPSA) is 101 Å². The van der Waals surface area contributed by atoms with Crippen LogP contribution in [0.2, 0.25) is 5.02 Å². The second kappa shape index (κ2) is 5.43. The van der Waals surface area contributed by atoms with E-state index < -0.39 is 10.0 Å². The summed E-state index contributed by atoms with van der Waals surface area (Å²) in [7, 11) is -3.79. The Hall–Kier alpha value is -1.57. The lowest BCUT2D eigenvalue weighted by Crippen LogP contribution is -2.16. The van der Waals surface area contributed by atoms with Gasteiger partial charge in [-0.2, -0.15) is 5.10 Å². The van der Waals surface area contributed by atoms with Crippen LogP contribution in [0.3, 0.4) is 0 Å². The van der Waals surface area contributed by atoms with Crippen molar-refractivity contribution >= 4 is 27.3 Å². The van der Waals surface area contributed by atoms with Crippen molar-refractivity contribution in [1.29, 1.82) is 0 Å². The average molecular weight is 315 g/mol. The van der Waals surface area contributed by atoms with Crippen molar-refractivity contribution < 1.29 is 8.42 Å². The molecule has 1 heterocycles. The van der Waals surface area contributed by atoms with Gasteiger partial charge in [0.2, 0.25) is 0 Å². The van der Waals surface area contributed by atoms with Crippen LogP contribution in [0.25, 0.3) is 0 Å². The molecule has 0 aliphatic heterocycles. The molecule has 0 fully saturated rings. The fourth-order valence-corrected chi connectivity index (χ4v) is 3.66. The molecule has 0 spiro atoms. The van der Waals surface area contributed by atoms with E-state index in [4.69, 9.17) is 17.3 Å². The fourth-order valence-electron chi connectivity index (χ4n) is 1.86. The van der Waals surface area contributed by atoms with Gasteiger partial charge in [0.1, 0.15) is 4.90 Å². The van der Waals surface area contributed by atoms with E-state index in [-0.39, 0.29) is 11.4 Å². The van der Waals surface area contributed by atoms with Crippen molar-refractivity contribution in [1.82, 2.24) is 10.2 Å². The molecule has 0 radical (unpaired) electrons. The van der Waals surface area contributed by atoms with Crippen LogP contribution in [-0.2, 0) is 16.6 Å². The SMILES string of the molecule is Cc1ccc(NS(=O)(=O)c2c(CN)n[nH]c2C)c(Cl)c1. The third-order valence-corrected chi connectivity index (χ3v) is 4.67. The first kappa shape index (κ1) is 14.8. The minimum atomic E-state index is -3.79. The highest BCUT2D eigenvalue weighted by molar-refractivity contribution is 7.92. The van der Waals surface area contributed by atoms with Crippen molar-refractivity contribution in [2.75, 3.05) is 4.72 Å². The number of anilines is 1. The summed E-state index contributed by atoms with van der Waals surface area (Å²) in [6.07, 6.45) is 0. The van der Waals surface area contributed by atoms with Gasteiger partial charge in [0.15, 0.2) is 0 Å². The Morgan fingerprint density at radius 1 is 1.40 bits per heavy atom. The van der Waals surface area contributed by atoms with E-state index in [1.807, 2.05) is 6.92 Å². The number of nitrogens with two attached hydrogens (primary N) is 1. The monoisotopic (exact) mass is 314 g/mol. The minimum absolute atomic E-state index is 0.0300. The van der Waals surface area contributed by atoms with Gasteiger partial charge >= 0.3 is 0 Å². The second-order valence-electron chi connectivity index (χ2n) is 4.42. The molecule has 2 rings (SSSR count). The van der Waals surface area contributed by atoms with Crippen LogP contribution in [0.4, 0.5) is 5.69 Å². The molecular weight excluding hydrogens is 300 g/mol. The van der Waals surface area contributed by atoms with Crippen LogP contribution in [0, 0.1) is 13.8 Å². The van der Waals surface area contributed by atoms with E-state index in [2.05, 4.69) is 14.9 Å². The molecule has 6 nitrogen and oxygen atoms in total. The lowest BCUT2D eigenvalue weighted by molar-refractivity contribution is 0.599. The van der Waals surface area contributed by atoms with Crippen molar-refractivity contribution in [3.8, 4) is 0 Å². The molecule has 0 aliphatic rings. The quantitative estimate of drug-likeness (QED) is 0.802. The molecule has 4 N–H and O–H groups in total. The molecule has 8 heteroatoms. The number of H-pyrrole nitrogens is 1. The van der Waals surface area contributed by atoms with E-state index >= 15 is 0 Å². The lowest BCUT2D eigenvalue weighted by Gasteiger charge is -2.10. The number of benzene rings is 1. The maximum atomic E-state index is 12.4. The molecule has 1 aromatic carbocycles. The summed E-state index contributed by atoms with van der Waals surface area (Å²) in [6.45, 7) is 3.52. The first-order valence-electron chi connectivity index (χ1n) is 5.88. The van der Waals surface area contributed by atoms with E-state index in [9.17, 15) is 8.42 Å². The fraction of sp³-hybridized carbons (Fsp3) is 0.250. The first-order chi connectivity index (χ1) is 9.35. The lowest BCUT2D eigenvalue weighted by atomic mass is 10.2. The molecule has 1 aromatic heterocycles. The third-order valence-electron chi connectivity index (χ3n) is 2.79. The Bertz CT molecular complexity index is 740. The zero-order valence-corrected chi connectivity index (χ0v) is 12.6. The summed E-state index contributed by atoms with van der Waals surface area (Å²) < 4.78 is 27.3. The Morgan fingerprint density at radius 2 is 2.10 bits per heavy atom. The maximum Gasteiger partial charge on any atom is 0.265 e. The molecule has 2 aromatic rings. The largest absolute Gasteiger partial charge is 0.325 e. The molecule has 0 bridgehead atoms. The summed E-state index contributed by atoms with van der Waals surface area (Å²) >= 11 is 6.04. The molecule has 20 heavy (non-hydrogen) atoms. The van der Waals surface area contributed by atoms with E-state index in [1.165, 1.54) is 0 Å². The van der Waals surface area contributed by atoms with Crippen LogP contribution >= 0.6 is 11.6 Å². The molecule has 0 amide bonds. The third kappa shape index (κ3) is 2.79. The molecule has 0 atom stereocenters. The predicted octanol–water partition coefficient (Wildman–Crippen LogP) is 1.94. The van der Waals surface area contributed by atoms with Crippen molar-refractivity contribution in [3.63, 3.8) is 0 Å². The summed E-state index contributed by atoms with van der Waals surface area (Å²) in [5.74, 6) is 0. The number of hydrogen-bond donors (Lipinski definition) is 3. The zero-order valence-electron chi connectivity index (χ0n) is 11.1. The number of rotatable bonds is 4. The van der Waals surface area contributed by atoms with Gasteiger partial charge in [-0.1, -0.05) is 17.7 Å². The number of aromatic amines is 1. The summed E-state index contributed by atoms with van der Waals surface area (Å²) in [4.78, 5) is 0.0663. The standard InChI is InChI=1S/C12H15ClN4O2S/c1-7-3-4-10(9(13)5-7)17-20(18,19)12-8(2)15-16-11(12)6-14/h3-5,17H,6,14H2,1-2H3,(H,15,16). The molecule has 108 valence electrons. The van der Waals surface area contributed by atoms with Crippen LogP contribution in [-0.4, -0.2) is 18.6 Å². The summed E-state index contributed by atoms with van der Waals surface area (Å²) in [5.41, 5.74) is 7.49. The number of halogens is 1. The van der Waals surface area contributed by atoms with Gasteiger partial charge in [-0.25, -0.2) is 8.42 Å². The predicted molar refractivity (Wildman–Crippen MR) is 78.2 cm³/mol. The van der Waals surface area contributed by atoms with Crippen LogP contribution in [0.5, 0.6) is 0 Å². The summed E-state index contributed by atoms with van der Waals surface area (Å²) in [6, 6.07) is 5.08. The zero-order chi connectivity index (χ0) is 14.9. The Morgan fingerprint density at radius 3 is 2.70 bits per heavy atom. The van der Waals surface area contributed by atoms with Gasteiger partial charge in [-0.3, -0.25) is 9.82 Å². The molecule has 0 saturated carbocycles. The number of sulfonamides is 1. The Labute approximate surface area is 122 Å². The number of hydrogen-bond acceptors (Lipinski definition) is 4. The number of nitrogens with zero attached hydrogens (tertiary/aromatic N) is 1. The maximum absolute atomic E-state index is 12.4. The van der Waals surface area contributed by atoms with Gasteiger partial charge in [0.05, 0.1) is 22.1 Å². The van der Waals surface area contributed by atoms with Crippen LogP contribution in [0.15, 0.2) is 23.1 Å². The molecule has 0 aliphatic carbocycles. The van der Waals surface area contributed by atoms with Gasteiger partial charge < -0.3 is 5.73 Å². The normalized spacial score (nSPS) is 11.6. The number of aryl methyl sites for hydroxylation is 2. The van der Waals surface area contributed by atoms with E-state index in [0.29, 0.717) is 22.1 Å². The molecular formula is C12H15ClN4O2S. The van der Waals surface area contributed by atoms with Gasteiger partial charge in [-0.15, -0.1) is 0 Å². The molecule has 0 saturated heterocycles. The Kier molecular flexibility index (Phi) is 4.03. The van der Waals surface area contributed by atoms with Gasteiger partial charge in [0, 0.05) is 6.54 Å². The Balaban J connectivity index is 2.43. The van der Waals surface area contributed by atoms with Crippen molar-refractivity contribution in [3.05, 3.63) is 40.2 Å². The van der Waals surface area contributed by atoms with E-state index in [1.54, 1.807) is 25.1 Å². The van der Waals surface area contributed by atoms with Crippen molar-refractivity contribution in [2.24, 2.45) is 5.73 Å². The highest BCUT2D eigenvalue weighted by atomic mass is 35.5. The number of aromatic nitrogens is 2. The molecule has 0 unspecified atom stereocenters. The van der Waals surface area contributed by atoms with E-state index in [0.717, 1.165) is 5.56 Å².